The lowest BCUT2D eigenvalue weighted by Gasteiger charge is -2.20. The van der Waals surface area contributed by atoms with Crippen molar-refractivity contribution in [2.24, 2.45) is 0 Å². The zero-order chi connectivity index (χ0) is 20.2. The molecule has 2 heterocycles. The van der Waals surface area contributed by atoms with Gasteiger partial charge in [0, 0.05) is 6.42 Å². The Morgan fingerprint density at radius 3 is 1.48 bits per heavy atom. The molecular weight excluding hydrogens is 360 g/mol. The standard InChI is InChI=1S/C7H12O5.C6H12O2.C5H8O2/c1-7(2)11-3-4(12-7)6(9)10-5(3)8;7-5-2-1-3-6(8)4-5;6-4-1-2-5(7)3-4/h3-6,8-9H,1-2H3;5-8H,1-4H2;1-2,4-7H,3H2/t3?,4?,5-,6+;5-,6+;4-,5+. The topological polar surface area (TPSA) is 149 Å². The quantitative estimate of drug-likeness (QED) is 0.289. The van der Waals surface area contributed by atoms with Crippen LogP contribution >= 0.6 is 0 Å². The lowest BCUT2D eigenvalue weighted by atomic mass is 9.95. The molecular formula is C18H32O9. The highest BCUT2D eigenvalue weighted by Crippen LogP contribution is 2.36. The average Bonchev–Trinajstić information content (AvgIpc) is 3.16. The molecule has 9 heteroatoms. The minimum absolute atomic E-state index is 0.237. The van der Waals surface area contributed by atoms with Gasteiger partial charge in [0.05, 0.1) is 24.4 Å². The van der Waals surface area contributed by atoms with Crippen LogP contribution in [-0.2, 0) is 14.2 Å². The maximum absolute atomic E-state index is 9.21. The summed E-state index contributed by atoms with van der Waals surface area (Å²) in [6.45, 7) is 3.45. The number of hydrogen-bond acceptors (Lipinski definition) is 9. The second-order valence-corrected chi connectivity index (χ2v) is 7.71. The minimum atomic E-state index is -1.09. The van der Waals surface area contributed by atoms with E-state index in [9.17, 15) is 10.2 Å². The third kappa shape index (κ3) is 7.04. The lowest BCUT2D eigenvalue weighted by molar-refractivity contribution is -0.253. The van der Waals surface area contributed by atoms with Gasteiger partial charge in [-0.3, -0.25) is 0 Å². The van der Waals surface area contributed by atoms with Gasteiger partial charge >= 0.3 is 0 Å². The SMILES string of the molecule is CC1(C)OC2C(O1)[C@@H](O)O[C@H]2O.O[C@@H]1C=C[C@H](O)C1.O[C@@H]1CCC[C@H](O)C1. The molecule has 27 heavy (non-hydrogen) atoms. The van der Waals surface area contributed by atoms with Crippen molar-refractivity contribution in [3.8, 4) is 0 Å². The van der Waals surface area contributed by atoms with Gasteiger partial charge in [0.15, 0.2) is 18.4 Å². The normalized spacial score (nSPS) is 44.7. The van der Waals surface area contributed by atoms with Crippen LogP contribution in [0.4, 0.5) is 0 Å². The summed E-state index contributed by atoms with van der Waals surface area (Å²) in [6.07, 6.45) is 2.36. The van der Waals surface area contributed by atoms with Crippen LogP contribution in [0.1, 0.15) is 46.0 Å². The lowest BCUT2D eigenvalue weighted by Crippen LogP contribution is -2.29. The second kappa shape index (κ2) is 9.73. The van der Waals surface area contributed by atoms with Crippen molar-refractivity contribution in [3.05, 3.63) is 12.2 Å². The van der Waals surface area contributed by atoms with Gasteiger partial charge in [-0.15, -0.1) is 0 Å². The molecule has 0 radical (unpaired) electrons. The molecule has 0 spiro atoms. The van der Waals surface area contributed by atoms with E-state index in [0.29, 0.717) is 12.8 Å². The third-order valence-corrected chi connectivity index (χ3v) is 4.66. The van der Waals surface area contributed by atoms with Crippen molar-refractivity contribution in [1.82, 2.24) is 0 Å². The Labute approximate surface area is 158 Å². The predicted molar refractivity (Wildman–Crippen MR) is 93.2 cm³/mol. The summed E-state index contributed by atoms with van der Waals surface area (Å²) >= 11 is 0. The molecule has 4 rings (SSSR count). The number of rotatable bonds is 0. The Balaban J connectivity index is 0.000000153. The van der Waals surface area contributed by atoms with Crippen LogP contribution in [0.3, 0.4) is 0 Å². The smallest absolute Gasteiger partial charge is 0.187 e. The molecule has 2 saturated heterocycles. The van der Waals surface area contributed by atoms with E-state index in [0.717, 1.165) is 19.3 Å². The van der Waals surface area contributed by atoms with Crippen LogP contribution in [0.15, 0.2) is 12.2 Å². The summed E-state index contributed by atoms with van der Waals surface area (Å²) in [6, 6.07) is 0. The van der Waals surface area contributed by atoms with Gasteiger partial charge < -0.3 is 44.8 Å². The maximum atomic E-state index is 9.21. The Kier molecular flexibility index (Phi) is 8.17. The summed E-state index contributed by atoms with van der Waals surface area (Å²) in [5.74, 6) is -0.749. The highest BCUT2D eigenvalue weighted by atomic mass is 16.8. The van der Waals surface area contributed by atoms with E-state index in [1.165, 1.54) is 0 Å². The first-order valence-electron chi connectivity index (χ1n) is 9.35. The molecule has 3 fully saturated rings. The summed E-state index contributed by atoms with van der Waals surface area (Å²) in [4.78, 5) is 0. The molecule has 6 N–H and O–H groups in total. The fourth-order valence-electron chi connectivity index (χ4n) is 3.36. The van der Waals surface area contributed by atoms with Crippen LogP contribution in [0.5, 0.6) is 0 Å². The van der Waals surface area contributed by atoms with E-state index in [4.69, 9.17) is 29.9 Å². The summed E-state index contributed by atoms with van der Waals surface area (Å²) < 4.78 is 15.3. The van der Waals surface area contributed by atoms with Crippen molar-refractivity contribution in [2.45, 2.75) is 101 Å². The fraction of sp³-hybridized carbons (Fsp3) is 0.889. The van der Waals surface area contributed by atoms with Crippen molar-refractivity contribution >= 4 is 0 Å². The number of fused-ring (bicyclic) bond motifs is 1. The average molecular weight is 392 g/mol. The largest absolute Gasteiger partial charge is 0.393 e. The number of aliphatic hydroxyl groups excluding tert-OH is 6. The van der Waals surface area contributed by atoms with Gasteiger partial charge in [0.25, 0.3) is 0 Å². The molecule has 0 aromatic carbocycles. The van der Waals surface area contributed by atoms with Gasteiger partial charge in [-0.1, -0.05) is 12.2 Å². The molecule has 2 aliphatic carbocycles. The predicted octanol–water partition coefficient (Wildman–Crippen LogP) is -0.876. The Morgan fingerprint density at radius 2 is 1.19 bits per heavy atom. The summed E-state index contributed by atoms with van der Waals surface area (Å²) in [7, 11) is 0. The number of ether oxygens (including phenoxy) is 3. The van der Waals surface area contributed by atoms with E-state index in [-0.39, 0.29) is 12.2 Å². The number of hydrogen-bond donors (Lipinski definition) is 6. The van der Waals surface area contributed by atoms with Crippen molar-refractivity contribution in [3.63, 3.8) is 0 Å². The van der Waals surface area contributed by atoms with Gasteiger partial charge in [0.2, 0.25) is 0 Å². The molecule has 158 valence electrons. The van der Waals surface area contributed by atoms with E-state index < -0.39 is 42.8 Å². The Hall–Kier alpha value is -0.620. The van der Waals surface area contributed by atoms with Crippen LogP contribution in [0, 0.1) is 0 Å². The van der Waals surface area contributed by atoms with Crippen LogP contribution in [-0.4, -0.2) is 85.6 Å². The van der Waals surface area contributed by atoms with Crippen LogP contribution < -0.4 is 0 Å². The first-order valence-corrected chi connectivity index (χ1v) is 9.35. The highest BCUT2D eigenvalue weighted by molar-refractivity contribution is 5.02. The molecule has 2 aliphatic heterocycles. The highest BCUT2D eigenvalue weighted by Gasteiger charge is 2.54. The Bertz CT molecular complexity index is 447. The van der Waals surface area contributed by atoms with Crippen molar-refractivity contribution < 1.29 is 44.8 Å². The zero-order valence-corrected chi connectivity index (χ0v) is 15.7. The van der Waals surface area contributed by atoms with Crippen molar-refractivity contribution in [1.29, 1.82) is 0 Å². The first-order chi connectivity index (χ1) is 12.6. The molecule has 0 aromatic rings. The molecule has 0 amide bonds. The van der Waals surface area contributed by atoms with E-state index in [2.05, 4.69) is 4.74 Å². The maximum Gasteiger partial charge on any atom is 0.187 e. The fourth-order valence-corrected chi connectivity index (χ4v) is 3.36. The van der Waals surface area contributed by atoms with Crippen LogP contribution in [0.25, 0.3) is 0 Å². The van der Waals surface area contributed by atoms with Crippen molar-refractivity contribution in [2.75, 3.05) is 0 Å². The van der Waals surface area contributed by atoms with Gasteiger partial charge in [0.1, 0.15) is 12.2 Å². The molecule has 2 unspecified atom stereocenters. The van der Waals surface area contributed by atoms with E-state index in [1.807, 2.05) is 0 Å². The molecule has 9 nitrogen and oxygen atoms in total. The van der Waals surface area contributed by atoms with Gasteiger partial charge in [-0.2, -0.15) is 0 Å². The molecule has 0 aromatic heterocycles. The second-order valence-electron chi connectivity index (χ2n) is 7.71. The zero-order valence-electron chi connectivity index (χ0n) is 15.7. The Morgan fingerprint density at radius 1 is 0.741 bits per heavy atom. The number of aliphatic hydroxyl groups is 6. The van der Waals surface area contributed by atoms with E-state index in [1.54, 1.807) is 26.0 Å². The van der Waals surface area contributed by atoms with E-state index >= 15 is 0 Å². The van der Waals surface area contributed by atoms with Gasteiger partial charge in [-0.25, -0.2) is 0 Å². The monoisotopic (exact) mass is 392 g/mol. The molecule has 1 saturated carbocycles. The molecule has 4 aliphatic rings. The molecule has 0 bridgehead atoms. The third-order valence-electron chi connectivity index (χ3n) is 4.66. The van der Waals surface area contributed by atoms with Crippen LogP contribution in [0.2, 0.25) is 0 Å². The molecule has 8 atom stereocenters. The first kappa shape index (κ1) is 22.7. The minimum Gasteiger partial charge on any atom is -0.393 e. The summed E-state index contributed by atoms with van der Waals surface area (Å²) in [5.41, 5.74) is 0. The summed E-state index contributed by atoms with van der Waals surface area (Å²) in [5, 5.41) is 53.6. The van der Waals surface area contributed by atoms with Gasteiger partial charge in [-0.05, 0) is 39.5 Å².